The van der Waals surface area contributed by atoms with Gasteiger partial charge in [-0.15, -0.1) is 0 Å². The molecule has 1 N–H and O–H groups in total. The highest BCUT2D eigenvalue weighted by molar-refractivity contribution is 5.66. The number of rotatable bonds is 7. The van der Waals surface area contributed by atoms with Crippen molar-refractivity contribution in [2.24, 2.45) is 0 Å². The molecule has 0 spiro atoms. The summed E-state index contributed by atoms with van der Waals surface area (Å²) in [6, 6.07) is 6.46. The second-order valence-corrected chi connectivity index (χ2v) is 4.46. The number of anilines is 1. The molecule has 1 aromatic carbocycles. The average Bonchev–Trinajstić information content (AvgIpc) is 2.46. The van der Waals surface area contributed by atoms with Gasteiger partial charge in [0.05, 0.1) is 23.2 Å². The van der Waals surface area contributed by atoms with Crippen LogP contribution in [0.1, 0.15) is 32.3 Å². The lowest BCUT2D eigenvalue weighted by molar-refractivity contribution is -0.384. The number of aliphatic hydroxyl groups is 1. The van der Waals surface area contributed by atoms with Crippen molar-refractivity contribution < 1.29 is 10.0 Å². The number of benzene rings is 1. The van der Waals surface area contributed by atoms with Crippen LogP contribution in [0.5, 0.6) is 0 Å². The van der Waals surface area contributed by atoms with Gasteiger partial charge in [0.2, 0.25) is 0 Å². The first kappa shape index (κ1) is 15.9. The molecular weight excluding hydrogens is 258 g/mol. The summed E-state index contributed by atoms with van der Waals surface area (Å²) < 4.78 is 0. The molecule has 0 saturated heterocycles. The lowest BCUT2D eigenvalue weighted by atomic mass is 10.1. The van der Waals surface area contributed by atoms with Gasteiger partial charge in [0.15, 0.2) is 0 Å². The van der Waals surface area contributed by atoms with E-state index < -0.39 is 4.92 Å². The molecule has 0 saturated carbocycles. The summed E-state index contributed by atoms with van der Waals surface area (Å²) in [4.78, 5) is 12.6. The van der Waals surface area contributed by atoms with Crippen molar-refractivity contribution in [3.8, 4) is 6.07 Å². The molecule has 0 amide bonds. The molecule has 0 radical (unpaired) electrons. The number of hydrogen-bond acceptors (Lipinski definition) is 5. The molecular formula is C14H19N3O3. The second kappa shape index (κ2) is 7.46. The van der Waals surface area contributed by atoms with Crippen molar-refractivity contribution in [1.29, 1.82) is 5.26 Å². The maximum Gasteiger partial charge on any atom is 0.293 e. The summed E-state index contributed by atoms with van der Waals surface area (Å²) in [7, 11) is 0. The normalized spacial score (nSPS) is 10.3. The van der Waals surface area contributed by atoms with E-state index in [0.29, 0.717) is 12.2 Å². The van der Waals surface area contributed by atoms with Gasteiger partial charge in [-0.3, -0.25) is 10.1 Å². The Morgan fingerprint density at radius 1 is 1.45 bits per heavy atom. The number of aliphatic hydroxyl groups excluding tert-OH is 1. The zero-order valence-electron chi connectivity index (χ0n) is 11.7. The van der Waals surface area contributed by atoms with Crippen LogP contribution in [0, 0.1) is 21.4 Å². The fourth-order valence-electron chi connectivity index (χ4n) is 2.32. The molecule has 108 valence electrons. The molecule has 0 bridgehead atoms. The van der Waals surface area contributed by atoms with E-state index in [1.165, 1.54) is 6.07 Å². The fraction of sp³-hybridized carbons (Fsp3) is 0.500. The molecule has 0 fully saturated rings. The zero-order valence-corrected chi connectivity index (χ0v) is 11.7. The van der Waals surface area contributed by atoms with Gasteiger partial charge in [0.25, 0.3) is 5.69 Å². The van der Waals surface area contributed by atoms with Gasteiger partial charge >= 0.3 is 0 Å². The Bertz CT molecular complexity index is 507. The van der Waals surface area contributed by atoms with Crippen molar-refractivity contribution in [1.82, 2.24) is 0 Å². The Hall–Kier alpha value is -2.13. The van der Waals surface area contributed by atoms with Gasteiger partial charge < -0.3 is 10.0 Å². The average molecular weight is 277 g/mol. The molecule has 0 unspecified atom stereocenters. The molecule has 20 heavy (non-hydrogen) atoms. The predicted octanol–water partition coefficient (Wildman–Crippen LogP) is 2.45. The van der Waals surface area contributed by atoms with Crippen LogP contribution in [0.2, 0.25) is 0 Å². The van der Waals surface area contributed by atoms with Crippen molar-refractivity contribution in [2.45, 2.75) is 32.7 Å². The van der Waals surface area contributed by atoms with Crippen LogP contribution in [-0.2, 0) is 0 Å². The van der Waals surface area contributed by atoms with E-state index in [-0.39, 0.29) is 23.9 Å². The minimum atomic E-state index is -0.483. The molecule has 0 aliphatic rings. The van der Waals surface area contributed by atoms with E-state index in [9.17, 15) is 15.2 Å². The zero-order chi connectivity index (χ0) is 15.1. The Morgan fingerprint density at radius 3 is 2.55 bits per heavy atom. The van der Waals surface area contributed by atoms with Gasteiger partial charge in [-0.05, 0) is 25.0 Å². The fourth-order valence-corrected chi connectivity index (χ4v) is 2.32. The van der Waals surface area contributed by atoms with Gasteiger partial charge in [-0.2, -0.15) is 5.26 Å². The third kappa shape index (κ3) is 3.45. The molecule has 0 atom stereocenters. The smallest absolute Gasteiger partial charge is 0.293 e. The predicted molar refractivity (Wildman–Crippen MR) is 76.6 cm³/mol. The number of hydrogen-bond donors (Lipinski definition) is 1. The second-order valence-electron chi connectivity index (χ2n) is 4.46. The molecule has 1 rings (SSSR count). The van der Waals surface area contributed by atoms with E-state index in [4.69, 9.17) is 5.26 Å². The van der Waals surface area contributed by atoms with E-state index in [2.05, 4.69) is 0 Å². The van der Waals surface area contributed by atoms with Crippen LogP contribution in [-0.4, -0.2) is 29.2 Å². The lowest BCUT2D eigenvalue weighted by Gasteiger charge is -2.31. The topological polar surface area (TPSA) is 90.4 Å². The molecule has 0 aromatic heterocycles. The van der Waals surface area contributed by atoms with Crippen LogP contribution >= 0.6 is 0 Å². The van der Waals surface area contributed by atoms with Crippen LogP contribution in [0.4, 0.5) is 11.4 Å². The summed E-state index contributed by atoms with van der Waals surface area (Å²) in [6.45, 7) is 4.27. The number of nitrogens with zero attached hydrogens (tertiary/aromatic N) is 3. The molecule has 6 heteroatoms. The quantitative estimate of drug-likeness (QED) is 0.610. The van der Waals surface area contributed by atoms with Crippen molar-refractivity contribution in [3.05, 3.63) is 33.9 Å². The maximum atomic E-state index is 11.2. The molecule has 1 aromatic rings. The van der Waals surface area contributed by atoms with Crippen molar-refractivity contribution >= 4 is 11.4 Å². The van der Waals surface area contributed by atoms with E-state index in [1.54, 1.807) is 12.1 Å². The van der Waals surface area contributed by atoms with Crippen molar-refractivity contribution in [2.75, 3.05) is 18.1 Å². The van der Waals surface area contributed by atoms with Gasteiger partial charge in [-0.1, -0.05) is 13.8 Å². The first-order chi connectivity index (χ1) is 9.58. The first-order valence-corrected chi connectivity index (χ1v) is 6.65. The van der Waals surface area contributed by atoms with E-state index in [1.807, 2.05) is 24.8 Å². The Kier molecular flexibility index (Phi) is 5.94. The highest BCUT2D eigenvalue weighted by Crippen LogP contribution is 2.31. The molecule has 6 nitrogen and oxygen atoms in total. The van der Waals surface area contributed by atoms with Crippen LogP contribution < -0.4 is 4.90 Å². The monoisotopic (exact) mass is 277 g/mol. The third-order valence-electron chi connectivity index (χ3n) is 3.33. The number of nitro benzene ring substituents is 1. The third-order valence-corrected chi connectivity index (χ3v) is 3.33. The first-order valence-electron chi connectivity index (χ1n) is 6.65. The largest absolute Gasteiger partial charge is 0.395 e. The molecule has 0 aliphatic heterocycles. The van der Waals surface area contributed by atoms with Gasteiger partial charge in [0, 0.05) is 18.7 Å². The Morgan fingerprint density at radius 2 is 2.10 bits per heavy atom. The minimum Gasteiger partial charge on any atom is -0.395 e. The number of nitro groups is 1. The number of nitriles is 1. The summed E-state index contributed by atoms with van der Waals surface area (Å²) in [5, 5.41) is 29.3. The SMILES string of the molecule is CCC(CC)N(CCO)c1ccc(C#N)cc1[N+](=O)[O-]. The van der Waals surface area contributed by atoms with Gasteiger partial charge in [0.1, 0.15) is 5.69 Å². The lowest BCUT2D eigenvalue weighted by Crippen LogP contribution is -2.37. The van der Waals surface area contributed by atoms with Crippen molar-refractivity contribution in [3.63, 3.8) is 0 Å². The summed E-state index contributed by atoms with van der Waals surface area (Å²) in [6.07, 6.45) is 1.65. The summed E-state index contributed by atoms with van der Waals surface area (Å²) in [5.74, 6) is 0. The van der Waals surface area contributed by atoms with Crippen LogP contribution in [0.15, 0.2) is 18.2 Å². The van der Waals surface area contributed by atoms with Crippen LogP contribution in [0.25, 0.3) is 0 Å². The van der Waals surface area contributed by atoms with E-state index in [0.717, 1.165) is 12.8 Å². The summed E-state index contributed by atoms with van der Waals surface area (Å²) >= 11 is 0. The Balaban J connectivity index is 3.32. The molecule has 0 heterocycles. The van der Waals surface area contributed by atoms with Crippen LogP contribution in [0.3, 0.4) is 0 Å². The van der Waals surface area contributed by atoms with E-state index >= 15 is 0 Å². The molecule has 0 aliphatic carbocycles. The highest BCUT2D eigenvalue weighted by Gasteiger charge is 2.24. The standard InChI is InChI=1S/C14H19N3O3/c1-3-12(4-2)16(7-8-18)13-6-5-11(10-15)9-14(13)17(19)20/h5-6,9,12,18H,3-4,7-8H2,1-2H3. The highest BCUT2D eigenvalue weighted by atomic mass is 16.6. The summed E-state index contributed by atoms with van der Waals surface area (Å²) in [5.41, 5.74) is 0.620. The van der Waals surface area contributed by atoms with Gasteiger partial charge in [-0.25, -0.2) is 0 Å². The maximum absolute atomic E-state index is 11.2. The Labute approximate surface area is 118 Å². The minimum absolute atomic E-state index is 0.0757.